The second-order valence-electron chi connectivity index (χ2n) is 8.67. The molecule has 0 bridgehead atoms. The van der Waals surface area contributed by atoms with Gasteiger partial charge in [-0.25, -0.2) is 4.39 Å². The fourth-order valence-electron chi connectivity index (χ4n) is 4.73. The van der Waals surface area contributed by atoms with E-state index in [4.69, 9.17) is 6.42 Å². The van der Waals surface area contributed by atoms with Crippen LogP contribution in [0.15, 0.2) is 58.4 Å². The van der Waals surface area contributed by atoms with Gasteiger partial charge in [-0.1, -0.05) is 30.2 Å². The van der Waals surface area contributed by atoms with Gasteiger partial charge in [0.15, 0.2) is 11.4 Å². The van der Waals surface area contributed by atoms with Crippen LogP contribution in [0.25, 0.3) is 0 Å². The Morgan fingerprint density at radius 2 is 1.89 bits per heavy atom. The zero-order valence-corrected chi connectivity index (χ0v) is 20.1. The molecule has 2 aliphatic heterocycles. The second kappa shape index (κ2) is 8.88. The Labute approximate surface area is 213 Å². The molecular weight excluding hydrogens is 510 g/mol. The summed E-state index contributed by atoms with van der Waals surface area (Å²) in [7, 11) is 0. The number of hydrogen-bond donors (Lipinski definition) is 1. The molecule has 1 unspecified atom stereocenters. The molecule has 6 nitrogen and oxygen atoms in total. The molecule has 3 heterocycles. The first-order chi connectivity index (χ1) is 17.5. The van der Waals surface area contributed by atoms with Crippen molar-refractivity contribution in [1.29, 1.82) is 0 Å². The van der Waals surface area contributed by atoms with E-state index in [0.29, 0.717) is 27.3 Å². The van der Waals surface area contributed by atoms with Crippen LogP contribution in [0.1, 0.15) is 45.7 Å². The molecule has 190 valence electrons. The van der Waals surface area contributed by atoms with Crippen molar-refractivity contribution >= 4 is 17.7 Å². The molecule has 0 radical (unpaired) electrons. The number of terminal acetylenes is 1. The van der Waals surface area contributed by atoms with Crippen LogP contribution in [-0.2, 0) is 5.75 Å². The maximum absolute atomic E-state index is 15.1. The maximum atomic E-state index is 15.1. The molecule has 11 heteroatoms. The van der Waals surface area contributed by atoms with Gasteiger partial charge in [0, 0.05) is 34.0 Å². The smallest absolute Gasteiger partial charge is 0.408 e. The summed E-state index contributed by atoms with van der Waals surface area (Å²) in [5.74, 6) is 0.291. The van der Waals surface area contributed by atoms with Crippen molar-refractivity contribution in [2.45, 2.75) is 35.8 Å². The Hall–Kier alpha value is -3.91. The molecule has 1 N–H and O–H groups in total. The lowest BCUT2D eigenvalue weighted by Gasteiger charge is -2.46. The van der Waals surface area contributed by atoms with Gasteiger partial charge in [0.2, 0.25) is 5.43 Å². The molecule has 5 rings (SSSR count). The first kappa shape index (κ1) is 24.8. The van der Waals surface area contributed by atoms with Crippen molar-refractivity contribution in [2.75, 3.05) is 11.7 Å². The van der Waals surface area contributed by atoms with E-state index in [1.54, 1.807) is 24.3 Å². The second-order valence-corrected chi connectivity index (χ2v) is 9.65. The van der Waals surface area contributed by atoms with Crippen molar-refractivity contribution < 1.29 is 27.5 Å². The predicted molar refractivity (Wildman–Crippen MR) is 129 cm³/mol. The Morgan fingerprint density at radius 1 is 1.16 bits per heavy atom. The highest BCUT2D eigenvalue weighted by molar-refractivity contribution is 7.98. The minimum absolute atomic E-state index is 0.283. The Kier molecular flexibility index (Phi) is 5.95. The van der Waals surface area contributed by atoms with Crippen molar-refractivity contribution in [1.82, 2.24) is 9.58 Å². The van der Waals surface area contributed by atoms with Crippen LogP contribution in [-0.4, -0.2) is 39.5 Å². The van der Waals surface area contributed by atoms with Gasteiger partial charge < -0.3 is 10.0 Å². The average Bonchev–Trinajstić information content (AvgIpc) is 3.03. The highest BCUT2D eigenvalue weighted by atomic mass is 32.2. The van der Waals surface area contributed by atoms with Crippen molar-refractivity contribution in [3.05, 3.63) is 92.6 Å². The van der Waals surface area contributed by atoms with E-state index in [2.05, 4.69) is 5.92 Å². The van der Waals surface area contributed by atoms with Gasteiger partial charge in [0.05, 0.1) is 0 Å². The molecular formula is C26H19F4N3O3S. The lowest BCUT2D eigenvalue weighted by atomic mass is 9.90. The highest BCUT2D eigenvalue weighted by Crippen LogP contribution is 2.45. The lowest BCUT2D eigenvalue weighted by molar-refractivity contribution is -0.173. The quantitative estimate of drug-likeness (QED) is 0.395. The molecule has 0 aliphatic carbocycles. The van der Waals surface area contributed by atoms with Crippen LogP contribution in [0.4, 0.5) is 17.6 Å². The van der Waals surface area contributed by atoms with Crippen LogP contribution in [0.5, 0.6) is 5.75 Å². The average molecular weight is 530 g/mol. The molecule has 0 saturated heterocycles. The minimum atomic E-state index is -4.79. The van der Waals surface area contributed by atoms with Crippen molar-refractivity contribution in [3.8, 4) is 18.1 Å². The Bertz CT molecular complexity index is 1530. The summed E-state index contributed by atoms with van der Waals surface area (Å²) in [6.45, 7) is 0.236. The molecule has 37 heavy (non-hydrogen) atoms. The number of rotatable bonds is 2. The SMILES string of the molecule is C#Cc1cccc2c1[C@@H](N1CN(C(C)C(F)(F)F)C(=O)c3c(O)c(=O)ccn31)c1cccc(F)c1SC2. The van der Waals surface area contributed by atoms with Crippen LogP contribution in [0, 0.1) is 18.2 Å². The number of alkyl halides is 3. The molecule has 2 aliphatic rings. The van der Waals surface area contributed by atoms with E-state index in [-0.39, 0.29) is 4.90 Å². The van der Waals surface area contributed by atoms with Gasteiger partial charge in [0.25, 0.3) is 5.91 Å². The van der Waals surface area contributed by atoms with Gasteiger partial charge in [-0.2, -0.15) is 13.2 Å². The van der Waals surface area contributed by atoms with Crippen LogP contribution < -0.4 is 10.4 Å². The number of nitrogens with zero attached hydrogens (tertiary/aromatic N) is 3. The third-order valence-corrected chi connectivity index (χ3v) is 7.79. The molecule has 1 amide bonds. The molecule has 0 spiro atoms. The van der Waals surface area contributed by atoms with Gasteiger partial charge in [-0.3, -0.25) is 19.3 Å². The number of hydrogen-bond acceptors (Lipinski definition) is 5. The van der Waals surface area contributed by atoms with E-state index < -0.39 is 53.5 Å². The van der Waals surface area contributed by atoms with Gasteiger partial charge in [0.1, 0.15) is 24.6 Å². The number of carbonyl (C=O) groups is 1. The number of pyridine rings is 1. The van der Waals surface area contributed by atoms with E-state index in [9.17, 15) is 27.9 Å². The number of benzene rings is 2. The number of aromatic nitrogens is 1. The number of halogens is 4. The van der Waals surface area contributed by atoms with E-state index in [0.717, 1.165) is 23.2 Å². The molecule has 3 aromatic rings. The normalized spacial score (nSPS) is 17.8. The standard InChI is InChI=1S/C26H19F4N3O3S/c1-3-15-6-4-7-16-12-37-24-17(8-5-9-18(24)27)21(20(15)16)33-13-31(14(2)26(28,29)30)25(36)22-23(35)19(34)10-11-32(22)33/h1,4-11,14,21,35H,12-13H2,2H3/t14?,21-/m0/s1. The molecule has 2 atom stereocenters. The number of carbonyl (C=O) groups excluding carboxylic acids is 1. The summed E-state index contributed by atoms with van der Waals surface area (Å²) in [5, 5.41) is 11.9. The first-order valence-corrected chi connectivity index (χ1v) is 12.1. The highest BCUT2D eigenvalue weighted by Gasteiger charge is 2.48. The third-order valence-electron chi connectivity index (χ3n) is 6.62. The molecule has 0 saturated carbocycles. The monoisotopic (exact) mass is 529 g/mol. The summed E-state index contributed by atoms with van der Waals surface area (Å²) in [4.78, 5) is 26.3. The fraction of sp³-hybridized carbons (Fsp3) is 0.231. The van der Waals surface area contributed by atoms with Crippen LogP contribution >= 0.6 is 11.8 Å². The molecule has 2 aromatic carbocycles. The summed E-state index contributed by atoms with van der Waals surface area (Å²) >= 11 is 1.23. The summed E-state index contributed by atoms with van der Waals surface area (Å²) < 4.78 is 57.7. The third kappa shape index (κ3) is 3.92. The van der Waals surface area contributed by atoms with E-state index in [1.165, 1.54) is 35.1 Å². The summed E-state index contributed by atoms with van der Waals surface area (Å²) in [6, 6.07) is 7.44. The topological polar surface area (TPSA) is 65.8 Å². The van der Waals surface area contributed by atoms with Crippen molar-refractivity contribution in [2.24, 2.45) is 0 Å². The minimum Gasteiger partial charge on any atom is -0.502 e. The summed E-state index contributed by atoms with van der Waals surface area (Å²) in [5.41, 5.74) is 0.613. The van der Waals surface area contributed by atoms with Gasteiger partial charge >= 0.3 is 6.18 Å². The lowest BCUT2D eigenvalue weighted by Crippen LogP contribution is -2.60. The zero-order chi connectivity index (χ0) is 26.6. The first-order valence-electron chi connectivity index (χ1n) is 11.1. The predicted octanol–water partition coefficient (Wildman–Crippen LogP) is 4.37. The Morgan fingerprint density at radius 3 is 2.59 bits per heavy atom. The maximum Gasteiger partial charge on any atom is 0.408 e. The number of fused-ring (bicyclic) bond motifs is 3. The van der Waals surface area contributed by atoms with E-state index in [1.807, 2.05) is 0 Å². The molecule has 0 fully saturated rings. The number of thioether (sulfide) groups is 1. The van der Waals surface area contributed by atoms with Gasteiger partial charge in [-0.05, 0) is 30.2 Å². The van der Waals surface area contributed by atoms with E-state index >= 15 is 4.39 Å². The Balaban J connectivity index is 1.84. The van der Waals surface area contributed by atoms with Gasteiger partial charge in [-0.15, -0.1) is 18.2 Å². The summed E-state index contributed by atoms with van der Waals surface area (Å²) in [6.07, 6.45) is 2.23. The fourth-order valence-corrected chi connectivity index (χ4v) is 5.84. The number of amides is 1. The van der Waals surface area contributed by atoms with Crippen LogP contribution in [0.3, 0.4) is 0 Å². The molecule has 1 aromatic heterocycles. The van der Waals surface area contributed by atoms with Crippen LogP contribution in [0.2, 0.25) is 0 Å². The zero-order valence-electron chi connectivity index (χ0n) is 19.3. The number of aromatic hydroxyl groups is 1. The van der Waals surface area contributed by atoms with Crippen molar-refractivity contribution in [3.63, 3.8) is 0 Å². The largest absolute Gasteiger partial charge is 0.502 e.